The number of nitrogens with one attached hydrogen (secondary N) is 1. The molecule has 0 spiro atoms. The molecule has 0 bridgehead atoms. The Morgan fingerprint density at radius 3 is 2.80 bits per heavy atom. The van der Waals surface area contributed by atoms with Gasteiger partial charge in [-0.2, -0.15) is 0 Å². The lowest BCUT2D eigenvalue weighted by Gasteiger charge is -2.14. The highest BCUT2D eigenvalue weighted by molar-refractivity contribution is 7.17. The maximum atomic E-state index is 4.62. The van der Waals surface area contributed by atoms with E-state index < -0.39 is 0 Å². The van der Waals surface area contributed by atoms with Crippen LogP contribution in [0.2, 0.25) is 0 Å². The molecule has 0 fully saturated rings. The SMILES string of the molecule is Cc1cn2c(CNC(C)c3ccncc3)c(C)nc2s1. The fraction of sp³-hybridized carbons (Fsp3) is 0.333. The van der Waals surface area contributed by atoms with Crippen molar-refractivity contribution in [3.63, 3.8) is 0 Å². The van der Waals surface area contributed by atoms with Gasteiger partial charge in [0.2, 0.25) is 0 Å². The summed E-state index contributed by atoms with van der Waals surface area (Å²) in [6.07, 6.45) is 5.82. The van der Waals surface area contributed by atoms with Crippen molar-refractivity contribution in [2.75, 3.05) is 0 Å². The molecule has 0 aliphatic rings. The Morgan fingerprint density at radius 1 is 1.30 bits per heavy atom. The first-order chi connectivity index (χ1) is 9.65. The molecule has 0 aliphatic heterocycles. The van der Waals surface area contributed by atoms with E-state index in [1.54, 1.807) is 11.3 Å². The van der Waals surface area contributed by atoms with Crippen LogP contribution in [-0.4, -0.2) is 14.4 Å². The number of fused-ring (bicyclic) bond motifs is 1. The molecule has 5 heteroatoms. The van der Waals surface area contributed by atoms with E-state index in [1.165, 1.54) is 16.1 Å². The predicted octanol–water partition coefficient (Wildman–Crippen LogP) is 3.26. The summed E-state index contributed by atoms with van der Waals surface area (Å²) in [6.45, 7) is 7.17. The van der Waals surface area contributed by atoms with E-state index in [0.29, 0.717) is 6.04 Å². The second kappa shape index (κ2) is 5.34. The quantitative estimate of drug-likeness (QED) is 0.800. The minimum atomic E-state index is 0.294. The van der Waals surface area contributed by atoms with Gasteiger partial charge in [-0.1, -0.05) is 0 Å². The van der Waals surface area contributed by atoms with Crippen LogP contribution in [0.25, 0.3) is 4.96 Å². The maximum absolute atomic E-state index is 4.62. The molecular formula is C15H18N4S. The van der Waals surface area contributed by atoms with Crippen LogP contribution in [0.5, 0.6) is 0 Å². The van der Waals surface area contributed by atoms with Gasteiger partial charge >= 0.3 is 0 Å². The van der Waals surface area contributed by atoms with Gasteiger partial charge in [0.25, 0.3) is 0 Å². The molecule has 3 aromatic rings. The Morgan fingerprint density at radius 2 is 2.05 bits per heavy atom. The molecule has 0 aromatic carbocycles. The number of hydrogen-bond donors (Lipinski definition) is 1. The third-order valence-electron chi connectivity index (χ3n) is 3.52. The molecule has 0 aliphatic carbocycles. The topological polar surface area (TPSA) is 42.2 Å². The number of nitrogens with zero attached hydrogens (tertiary/aromatic N) is 3. The summed E-state index contributed by atoms with van der Waals surface area (Å²) in [6, 6.07) is 4.39. The second-order valence-corrected chi connectivity index (χ2v) is 6.23. The van der Waals surface area contributed by atoms with E-state index in [2.05, 4.69) is 46.7 Å². The summed E-state index contributed by atoms with van der Waals surface area (Å²) in [5.74, 6) is 0. The van der Waals surface area contributed by atoms with Crippen molar-refractivity contribution < 1.29 is 0 Å². The number of pyridine rings is 1. The maximum Gasteiger partial charge on any atom is 0.194 e. The van der Waals surface area contributed by atoms with Crippen molar-refractivity contribution in [1.29, 1.82) is 0 Å². The molecule has 1 atom stereocenters. The van der Waals surface area contributed by atoms with Gasteiger partial charge in [-0.25, -0.2) is 4.98 Å². The number of hydrogen-bond acceptors (Lipinski definition) is 4. The van der Waals surface area contributed by atoms with E-state index in [1.807, 2.05) is 24.5 Å². The standard InChI is InChI=1S/C15H18N4S/c1-10-9-19-14(12(3)18-15(19)20-10)8-17-11(2)13-4-6-16-7-5-13/h4-7,9,11,17H,8H2,1-3H3. The van der Waals surface area contributed by atoms with Crippen LogP contribution >= 0.6 is 11.3 Å². The van der Waals surface area contributed by atoms with Crippen molar-refractivity contribution >= 4 is 16.3 Å². The number of aromatic nitrogens is 3. The molecule has 4 nitrogen and oxygen atoms in total. The van der Waals surface area contributed by atoms with E-state index >= 15 is 0 Å². The number of thiazole rings is 1. The van der Waals surface area contributed by atoms with Crippen LogP contribution in [-0.2, 0) is 6.54 Å². The van der Waals surface area contributed by atoms with E-state index in [-0.39, 0.29) is 0 Å². The third-order valence-corrected chi connectivity index (χ3v) is 4.42. The van der Waals surface area contributed by atoms with Gasteiger partial charge in [0.05, 0.1) is 11.4 Å². The Labute approximate surface area is 122 Å². The zero-order valence-electron chi connectivity index (χ0n) is 11.9. The Balaban J connectivity index is 1.78. The lowest BCUT2D eigenvalue weighted by Crippen LogP contribution is -2.19. The van der Waals surface area contributed by atoms with E-state index in [0.717, 1.165) is 17.2 Å². The Kier molecular flexibility index (Phi) is 3.54. The number of imidazole rings is 1. The van der Waals surface area contributed by atoms with Crippen LogP contribution in [0.15, 0.2) is 30.7 Å². The van der Waals surface area contributed by atoms with Crippen molar-refractivity contribution in [3.8, 4) is 0 Å². The fourth-order valence-electron chi connectivity index (χ4n) is 2.34. The minimum absolute atomic E-state index is 0.294. The summed E-state index contributed by atoms with van der Waals surface area (Å²) in [5, 5.41) is 3.56. The molecule has 0 amide bonds. The van der Waals surface area contributed by atoms with Gasteiger partial charge in [-0.3, -0.25) is 9.38 Å². The first-order valence-electron chi connectivity index (χ1n) is 6.72. The summed E-state index contributed by atoms with van der Waals surface area (Å²) in [4.78, 5) is 11.0. The van der Waals surface area contributed by atoms with Gasteiger partial charge in [-0.15, -0.1) is 11.3 Å². The van der Waals surface area contributed by atoms with Gasteiger partial charge in [-0.05, 0) is 38.5 Å². The molecule has 0 saturated carbocycles. The van der Waals surface area contributed by atoms with Crippen LogP contribution in [0.3, 0.4) is 0 Å². The second-order valence-electron chi connectivity index (χ2n) is 5.02. The largest absolute Gasteiger partial charge is 0.305 e. The van der Waals surface area contributed by atoms with Crippen LogP contribution in [0, 0.1) is 13.8 Å². The molecule has 0 radical (unpaired) electrons. The lowest BCUT2D eigenvalue weighted by atomic mass is 10.1. The van der Waals surface area contributed by atoms with Crippen molar-refractivity contribution in [3.05, 3.63) is 52.6 Å². The molecule has 104 valence electrons. The van der Waals surface area contributed by atoms with Crippen LogP contribution in [0.4, 0.5) is 0 Å². The monoisotopic (exact) mass is 286 g/mol. The summed E-state index contributed by atoms with van der Waals surface area (Å²) < 4.78 is 2.20. The smallest absolute Gasteiger partial charge is 0.194 e. The molecule has 1 N–H and O–H groups in total. The predicted molar refractivity (Wildman–Crippen MR) is 82.0 cm³/mol. The Hall–Kier alpha value is -1.72. The van der Waals surface area contributed by atoms with Crippen LogP contribution in [0.1, 0.15) is 34.8 Å². The zero-order chi connectivity index (χ0) is 14.1. The highest BCUT2D eigenvalue weighted by Gasteiger charge is 2.12. The highest BCUT2D eigenvalue weighted by Crippen LogP contribution is 2.21. The molecule has 0 saturated heterocycles. The normalized spacial score (nSPS) is 12.9. The lowest BCUT2D eigenvalue weighted by molar-refractivity contribution is 0.564. The van der Waals surface area contributed by atoms with Gasteiger partial charge in [0, 0.05) is 36.1 Å². The van der Waals surface area contributed by atoms with Crippen molar-refractivity contribution in [2.45, 2.75) is 33.4 Å². The van der Waals surface area contributed by atoms with Crippen molar-refractivity contribution in [1.82, 2.24) is 19.7 Å². The molecule has 20 heavy (non-hydrogen) atoms. The molecule has 3 aromatic heterocycles. The highest BCUT2D eigenvalue weighted by atomic mass is 32.1. The zero-order valence-corrected chi connectivity index (χ0v) is 12.7. The number of rotatable bonds is 4. The first kappa shape index (κ1) is 13.3. The van der Waals surface area contributed by atoms with Crippen molar-refractivity contribution in [2.24, 2.45) is 0 Å². The molecular weight excluding hydrogens is 268 g/mol. The van der Waals surface area contributed by atoms with Crippen LogP contribution < -0.4 is 5.32 Å². The third kappa shape index (κ3) is 2.46. The summed E-state index contributed by atoms with van der Waals surface area (Å²) in [5.41, 5.74) is 3.59. The Bertz CT molecular complexity index is 714. The molecule has 3 heterocycles. The summed E-state index contributed by atoms with van der Waals surface area (Å²) >= 11 is 1.73. The van der Waals surface area contributed by atoms with E-state index in [9.17, 15) is 0 Å². The minimum Gasteiger partial charge on any atom is -0.305 e. The van der Waals surface area contributed by atoms with Gasteiger partial charge in [0.15, 0.2) is 4.96 Å². The number of aryl methyl sites for hydroxylation is 2. The first-order valence-corrected chi connectivity index (χ1v) is 7.54. The van der Waals surface area contributed by atoms with Gasteiger partial charge in [0.1, 0.15) is 0 Å². The average molecular weight is 286 g/mol. The summed E-state index contributed by atoms with van der Waals surface area (Å²) in [7, 11) is 0. The van der Waals surface area contributed by atoms with Gasteiger partial charge < -0.3 is 5.32 Å². The van der Waals surface area contributed by atoms with E-state index in [4.69, 9.17) is 0 Å². The molecule has 3 rings (SSSR count). The fourth-order valence-corrected chi connectivity index (χ4v) is 3.23. The molecule has 1 unspecified atom stereocenters. The average Bonchev–Trinajstić information content (AvgIpc) is 2.92.